The van der Waals surface area contributed by atoms with Gasteiger partial charge in [0.15, 0.2) is 0 Å². The number of aryl methyl sites for hydroxylation is 2. The molecule has 2 N–H and O–H groups in total. The molecule has 0 saturated heterocycles. The fraction of sp³-hybridized carbons (Fsp3) is 0.476. The molecular weight excluding hydrogens is 392 g/mol. The molecule has 2 aromatic rings. The topological polar surface area (TPSA) is 75.3 Å². The molecule has 5 nitrogen and oxygen atoms in total. The number of carbonyl (C=O) groups excluding carboxylic acids is 1. The molecule has 152 valence electrons. The van der Waals surface area contributed by atoms with Crippen molar-refractivity contribution in [2.24, 2.45) is 5.92 Å². The number of hydrogen-bond donors (Lipinski definition) is 2. The summed E-state index contributed by atoms with van der Waals surface area (Å²) in [6.07, 6.45) is 4.79. The summed E-state index contributed by atoms with van der Waals surface area (Å²) in [6, 6.07) is 9.34. The minimum Gasteiger partial charge on any atom is -0.348 e. The van der Waals surface area contributed by atoms with Crippen molar-refractivity contribution in [3.63, 3.8) is 0 Å². The maximum absolute atomic E-state index is 12.5. The summed E-state index contributed by atoms with van der Waals surface area (Å²) in [4.78, 5) is 13.9. The summed E-state index contributed by atoms with van der Waals surface area (Å²) in [6.45, 7) is 3.79. The van der Waals surface area contributed by atoms with Crippen LogP contribution in [0.4, 0.5) is 0 Å². The molecule has 0 radical (unpaired) electrons. The van der Waals surface area contributed by atoms with Crippen molar-refractivity contribution in [2.75, 3.05) is 6.54 Å². The minimum absolute atomic E-state index is 0.0333. The number of nitrogens with one attached hydrogen (secondary N) is 2. The molecule has 1 atom stereocenters. The van der Waals surface area contributed by atoms with Gasteiger partial charge >= 0.3 is 0 Å². The maximum Gasteiger partial charge on any atom is 0.240 e. The number of carbonyl (C=O) groups is 1. The lowest BCUT2D eigenvalue weighted by Crippen LogP contribution is -2.35. The Morgan fingerprint density at radius 3 is 2.61 bits per heavy atom. The average molecular weight is 421 g/mol. The van der Waals surface area contributed by atoms with Crippen LogP contribution in [0, 0.1) is 19.8 Å². The van der Waals surface area contributed by atoms with Crippen LogP contribution < -0.4 is 10.0 Å². The summed E-state index contributed by atoms with van der Waals surface area (Å²) >= 11 is 1.66. The highest BCUT2D eigenvalue weighted by atomic mass is 32.2. The van der Waals surface area contributed by atoms with E-state index in [1.165, 1.54) is 17.7 Å². The van der Waals surface area contributed by atoms with Gasteiger partial charge in [-0.3, -0.25) is 4.79 Å². The first-order valence-electron chi connectivity index (χ1n) is 9.76. The fourth-order valence-electron chi connectivity index (χ4n) is 3.90. The molecule has 1 aliphatic rings. The second kappa shape index (κ2) is 9.20. The smallest absolute Gasteiger partial charge is 0.240 e. The Morgan fingerprint density at radius 1 is 1.21 bits per heavy atom. The molecular formula is C21H28N2O3S2. The number of sulfonamides is 1. The summed E-state index contributed by atoms with van der Waals surface area (Å²) in [5.41, 5.74) is 1.72. The summed E-state index contributed by atoms with van der Waals surface area (Å²) < 4.78 is 27.6. The standard InChI is InChI=1S/C21H28N2O3S2/c1-15-9-10-19(16(2)14-15)28(25,26)22-12-11-20(24)23-21(17-6-3-4-7-17)18-8-5-13-27-18/h5,8-10,13-14,17,21-22H,3-4,6-7,11-12H2,1-2H3,(H,23,24). The molecule has 1 heterocycles. The zero-order valence-electron chi connectivity index (χ0n) is 16.4. The zero-order valence-corrected chi connectivity index (χ0v) is 18.0. The quantitative estimate of drug-likeness (QED) is 0.676. The largest absolute Gasteiger partial charge is 0.348 e. The number of rotatable bonds is 8. The van der Waals surface area contributed by atoms with Crippen LogP contribution in [0.2, 0.25) is 0 Å². The molecule has 0 spiro atoms. The van der Waals surface area contributed by atoms with Crippen LogP contribution in [0.1, 0.15) is 54.1 Å². The third-order valence-electron chi connectivity index (χ3n) is 5.30. The molecule has 1 amide bonds. The summed E-state index contributed by atoms with van der Waals surface area (Å²) in [7, 11) is -3.62. The van der Waals surface area contributed by atoms with E-state index in [2.05, 4.69) is 16.1 Å². The van der Waals surface area contributed by atoms with Gasteiger partial charge in [0, 0.05) is 17.8 Å². The van der Waals surface area contributed by atoms with Gasteiger partial charge in [0.05, 0.1) is 10.9 Å². The Morgan fingerprint density at radius 2 is 1.96 bits per heavy atom. The van der Waals surface area contributed by atoms with Gasteiger partial charge < -0.3 is 5.32 Å². The first-order valence-corrected chi connectivity index (χ1v) is 12.1. The third kappa shape index (κ3) is 5.21. The zero-order chi connectivity index (χ0) is 20.1. The van der Waals surface area contributed by atoms with E-state index in [1.807, 2.05) is 24.4 Å². The number of amides is 1. The Kier molecular flexibility index (Phi) is 6.91. The van der Waals surface area contributed by atoms with Gasteiger partial charge in [0.1, 0.15) is 0 Å². The van der Waals surface area contributed by atoms with Crippen molar-refractivity contribution in [1.29, 1.82) is 0 Å². The highest BCUT2D eigenvalue weighted by molar-refractivity contribution is 7.89. The van der Waals surface area contributed by atoms with Crippen molar-refractivity contribution in [2.45, 2.75) is 56.9 Å². The van der Waals surface area contributed by atoms with Crippen LogP contribution in [-0.2, 0) is 14.8 Å². The van der Waals surface area contributed by atoms with Gasteiger partial charge in [-0.1, -0.05) is 36.6 Å². The second-order valence-electron chi connectivity index (χ2n) is 7.52. The van der Waals surface area contributed by atoms with Crippen molar-refractivity contribution >= 4 is 27.3 Å². The van der Waals surface area contributed by atoms with E-state index >= 15 is 0 Å². The highest BCUT2D eigenvalue weighted by Gasteiger charge is 2.28. The van der Waals surface area contributed by atoms with Gasteiger partial charge in [0.2, 0.25) is 15.9 Å². The van der Waals surface area contributed by atoms with E-state index < -0.39 is 10.0 Å². The number of hydrogen-bond acceptors (Lipinski definition) is 4. The van der Waals surface area contributed by atoms with E-state index in [1.54, 1.807) is 30.4 Å². The molecule has 1 fully saturated rings. The Bertz CT molecular complexity index is 902. The van der Waals surface area contributed by atoms with Gasteiger partial charge in [-0.25, -0.2) is 13.1 Å². The lowest BCUT2D eigenvalue weighted by atomic mass is 9.96. The monoisotopic (exact) mass is 420 g/mol. The van der Waals surface area contributed by atoms with Gasteiger partial charge in [-0.15, -0.1) is 11.3 Å². The molecule has 1 saturated carbocycles. The molecule has 1 aromatic heterocycles. The average Bonchev–Trinajstić information content (AvgIpc) is 3.33. The molecule has 1 aliphatic carbocycles. The third-order valence-corrected chi connectivity index (χ3v) is 7.88. The van der Waals surface area contributed by atoms with Crippen molar-refractivity contribution < 1.29 is 13.2 Å². The highest BCUT2D eigenvalue weighted by Crippen LogP contribution is 2.37. The SMILES string of the molecule is Cc1ccc(S(=O)(=O)NCCC(=O)NC(c2cccs2)C2CCCC2)c(C)c1. The minimum atomic E-state index is -3.62. The van der Waals surface area contributed by atoms with Crippen LogP contribution in [0.5, 0.6) is 0 Å². The Labute approximate surface area is 171 Å². The van der Waals surface area contributed by atoms with Crippen LogP contribution in [0.3, 0.4) is 0 Å². The van der Waals surface area contributed by atoms with E-state index in [4.69, 9.17) is 0 Å². The number of thiophene rings is 1. The summed E-state index contributed by atoms with van der Waals surface area (Å²) in [5.74, 6) is 0.350. The van der Waals surface area contributed by atoms with E-state index in [-0.39, 0.29) is 29.8 Å². The fourth-order valence-corrected chi connectivity index (χ4v) is 6.03. The van der Waals surface area contributed by atoms with Crippen molar-refractivity contribution in [3.8, 4) is 0 Å². The molecule has 0 bridgehead atoms. The Balaban J connectivity index is 1.57. The molecule has 1 aromatic carbocycles. The molecule has 1 unspecified atom stereocenters. The Hall–Kier alpha value is -1.70. The molecule has 3 rings (SSSR count). The van der Waals surface area contributed by atoms with Crippen LogP contribution in [-0.4, -0.2) is 20.9 Å². The van der Waals surface area contributed by atoms with Crippen molar-refractivity contribution in [1.82, 2.24) is 10.0 Å². The lowest BCUT2D eigenvalue weighted by Gasteiger charge is -2.24. The molecule has 0 aliphatic heterocycles. The lowest BCUT2D eigenvalue weighted by molar-refractivity contribution is -0.122. The summed E-state index contributed by atoms with van der Waals surface area (Å²) in [5, 5.41) is 5.17. The van der Waals surface area contributed by atoms with Crippen LogP contribution in [0.25, 0.3) is 0 Å². The molecule has 28 heavy (non-hydrogen) atoms. The van der Waals surface area contributed by atoms with E-state index in [0.29, 0.717) is 11.5 Å². The predicted octanol–water partition coefficient (Wildman–Crippen LogP) is 4.08. The van der Waals surface area contributed by atoms with Crippen LogP contribution >= 0.6 is 11.3 Å². The van der Waals surface area contributed by atoms with E-state index in [9.17, 15) is 13.2 Å². The van der Waals surface area contributed by atoms with Crippen molar-refractivity contribution in [3.05, 3.63) is 51.7 Å². The van der Waals surface area contributed by atoms with E-state index in [0.717, 1.165) is 18.4 Å². The maximum atomic E-state index is 12.5. The van der Waals surface area contributed by atoms with Gasteiger partial charge in [0.25, 0.3) is 0 Å². The second-order valence-corrected chi connectivity index (χ2v) is 10.2. The number of benzene rings is 1. The van der Waals surface area contributed by atoms with Gasteiger partial charge in [-0.2, -0.15) is 0 Å². The van der Waals surface area contributed by atoms with Crippen LogP contribution in [0.15, 0.2) is 40.6 Å². The molecule has 7 heteroatoms. The van der Waals surface area contributed by atoms with Gasteiger partial charge in [-0.05, 0) is 55.7 Å². The first-order chi connectivity index (χ1) is 13.4. The normalized spacial score (nSPS) is 16.2. The first kappa shape index (κ1) is 21.0. The predicted molar refractivity (Wildman–Crippen MR) is 113 cm³/mol.